The van der Waals surface area contributed by atoms with Crippen LogP contribution in [-0.4, -0.2) is 5.78 Å². The normalized spacial score (nSPS) is 32.1. The molecule has 0 amide bonds. The summed E-state index contributed by atoms with van der Waals surface area (Å²) in [5.74, 6) is 0.822. The average molecular weight is 178 g/mol. The average Bonchev–Trinajstić information content (AvgIpc) is 2.10. The van der Waals surface area contributed by atoms with Gasteiger partial charge in [0.25, 0.3) is 0 Å². The van der Waals surface area contributed by atoms with Gasteiger partial charge in [0.05, 0.1) is 0 Å². The van der Waals surface area contributed by atoms with E-state index < -0.39 is 0 Å². The first-order chi connectivity index (χ1) is 6.08. The van der Waals surface area contributed by atoms with E-state index >= 15 is 0 Å². The van der Waals surface area contributed by atoms with Crippen LogP contribution in [0.5, 0.6) is 0 Å². The van der Waals surface area contributed by atoms with Crippen molar-refractivity contribution in [3.05, 3.63) is 24.3 Å². The molecule has 0 aromatic heterocycles. The van der Waals surface area contributed by atoms with Gasteiger partial charge in [0, 0.05) is 12.8 Å². The summed E-state index contributed by atoms with van der Waals surface area (Å²) in [6, 6.07) is 0. The molecule has 1 heteroatoms. The molecule has 0 aromatic rings. The zero-order valence-electron chi connectivity index (χ0n) is 8.71. The van der Waals surface area contributed by atoms with Gasteiger partial charge >= 0.3 is 0 Å². The van der Waals surface area contributed by atoms with Crippen LogP contribution >= 0.6 is 0 Å². The van der Waals surface area contributed by atoms with E-state index in [9.17, 15) is 4.79 Å². The quantitative estimate of drug-likeness (QED) is 0.649. The van der Waals surface area contributed by atoms with Crippen LogP contribution in [0.1, 0.15) is 33.6 Å². The lowest BCUT2D eigenvalue weighted by Gasteiger charge is -2.32. The van der Waals surface area contributed by atoms with E-state index in [4.69, 9.17) is 0 Å². The second-order valence-corrected chi connectivity index (χ2v) is 4.11. The van der Waals surface area contributed by atoms with Crippen molar-refractivity contribution in [3.8, 4) is 0 Å². The third-order valence-electron chi connectivity index (χ3n) is 3.00. The summed E-state index contributed by atoms with van der Waals surface area (Å²) in [5.41, 5.74) is 0.0435. The number of ketones is 1. The van der Waals surface area contributed by atoms with E-state index in [0.717, 1.165) is 0 Å². The Morgan fingerprint density at radius 1 is 1.46 bits per heavy atom. The van der Waals surface area contributed by atoms with Crippen LogP contribution in [0.4, 0.5) is 0 Å². The molecule has 2 unspecified atom stereocenters. The first-order valence-electron chi connectivity index (χ1n) is 4.96. The molecule has 0 bridgehead atoms. The first-order valence-corrected chi connectivity index (χ1v) is 4.96. The molecule has 0 fully saturated rings. The number of hydrogen-bond donors (Lipinski definition) is 0. The molecule has 0 aliphatic heterocycles. The second kappa shape index (κ2) is 3.91. The highest BCUT2D eigenvalue weighted by molar-refractivity contribution is 5.79. The number of hydrogen-bond acceptors (Lipinski definition) is 1. The first kappa shape index (κ1) is 10.2. The fraction of sp³-hybridized carbons (Fsp3) is 0.583. The molecule has 1 aliphatic carbocycles. The Bertz CT molecular complexity index is 250. The van der Waals surface area contributed by atoms with Crippen molar-refractivity contribution in [1.82, 2.24) is 0 Å². The van der Waals surface area contributed by atoms with Gasteiger partial charge in [-0.05, 0) is 11.3 Å². The monoisotopic (exact) mass is 178 g/mol. The Kier molecular flexibility index (Phi) is 3.07. The van der Waals surface area contributed by atoms with Crippen molar-refractivity contribution in [2.24, 2.45) is 11.3 Å². The predicted octanol–water partition coefficient (Wildman–Crippen LogP) is 3.12. The summed E-state index contributed by atoms with van der Waals surface area (Å²) in [4.78, 5) is 11.4. The lowest BCUT2D eigenvalue weighted by molar-refractivity contribution is -0.120. The third kappa shape index (κ3) is 2.30. The topological polar surface area (TPSA) is 17.1 Å². The van der Waals surface area contributed by atoms with Crippen LogP contribution in [0, 0.1) is 11.3 Å². The summed E-state index contributed by atoms with van der Waals surface area (Å²) in [6.45, 7) is 6.26. The minimum atomic E-state index is 0.0435. The van der Waals surface area contributed by atoms with E-state index in [0.29, 0.717) is 24.5 Å². The van der Waals surface area contributed by atoms with Crippen molar-refractivity contribution in [1.29, 1.82) is 0 Å². The number of rotatable bonds is 3. The second-order valence-electron chi connectivity index (χ2n) is 4.11. The van der Waals surface area contributed by atoms with Crippen molar-refractivity contribution < 1.29 is 4.79 Å². The van der Waals surface area contributed by atoms with Gasteiger partial charge in [0.15, 0.2) is 0 Å². The van der Waals surface area contributed by atoms with E-state index in [1.807, 2.05) is 13.0 Å². The van der Waals surface area contributed by atoms with Gasteiger partial charge in [-0.25, -0.2) is 0 Å². The SMILES string of the molecule is CCC(=O)CC1(C)C=CC=CC1C. The molecule has 0 saturated carbocycles. The lowest BCUT2D eigenvalue weighted by Crippen LogP contribution is -2.26. The molecule has 0 heterocycles. The van der Waals surface area contributed by atoms with Crippen LogP contribution < -0.4 is 0 Å². The molecule has 0 saturated heterocycles. The van der Waals surface area contributed by atoms with Crippen LogP contribution in [0.15, 0.2) is 24.3 Å². The maximum atomic E-state index is 11.4. The van der Waals surface area contributed by atoms with E-state index in [1.54, 1.807) is 0 Å². The molecule has 1 aliphatic rings. The molecule has 0 N–H and O–H groups in total. The van der Waals surface area contributed by atoms with Gasteiger partial charge in [-0.1, -0.05) is 45.1 Å². The molecule has 0 aromatic carbocycles. The molecule has 72 valence electrons. The zero-order valence-corrected chi connectivity index (χ0v) is 8.71. The molecule has 1 rings (SSSR count). The van der Waals surface area contributed by atoms with E-state index in [-0.39, 0.29) is 5.41 Å². The van der Waals surface area contributed by atoms with Crippen LogP contribution in [0.3, 0.4) is 0 Å². The Balaban J connectivity index is 2.70. The minimum Gasteiger partial charge on any atom is -0.300 e. The molecule has 13 heavy (non-hydrogen) atoms. The van der Waals surface area contributed by atoms with Gasteiger partial charge in [-0.2, -0.15) is 0 Å². The summed E-state index contributed by atoms with van der Waals surface area (Å²) >= 11 is 0. The molecule has 1 nitrogen and oxygen atoms in total. The highest BCUT2D eigenvalue weighted by Gasteiger charge is 2.29. The summed E-state index contributed by atoms with van der Waals surface area (Å²) in [5, 5.41) is 0. The fourth-order valence-corrected chi connectivity index (χ4v) is 1.65. The Morgan fingerprint density at radius 3 is 2.69 bits per heavy atom. The molecule has 2 atom stereocenters. The van der Waals surface area contributed by atoms with E-state index in [2.05, 4.69) is 32.1 Å². The molecule has 0 spiro atoms. The number of Topliss-reactive ketones (excluding diaryl/α,β-unsaturated/α-hetero) is 1. The highest BCUT2D eigenvalue weighted by Crippen LogP contribution is 2.36. The summed E-state index contributed by atoms with van der Waals surface area (Å²) in [6.07, 6.45) is 9.76. The van der Waals surface area contributed by atoms with Gasteiger partial charge in [-0.3, -0.25) is 4.79 Å². The fourth-order valence-electron chi connectivity index (χ4n) is 1.65. The lowest BCUT2D eigenvalue weighted by atomic mass is 9.72. The number of carbonyl (C=O) groups is 1. The number of carbonyl (C=O) groups excluding carboxylic acids is 1. The van der Waals surface area contributed by atoms with Crippen molar-refractivity contribution in [2.45, 2.75) is 33.6 Å². The predicted molar refractivity (Wildman–Crippen MR) is 55.5 cm³/mol. The van der Waals surface area contributed by atoms with Crippen molar-refractivity contribution in [3.63, 3.8) is 0 Å². The Morgan fingerprint density at radius 2 is 2.15 bits per heavy atom. The van der Waals surface area contributed by atoms with E-state index in [1.165, 1.54) is 0 Å². The number of allylic oxidation sites excluding steroid dienone is 4. The maximum Gasteiger partial charge on any atom is 0.133 e. The van der Waals surface area contributed by atoms with Crippen LogP contribution in [0.25, 0.3) is 0 Å². The summed E-state index contributed by atoms with van der Waals surface area (Å²) < 4.78 is 0. The third-order valence-corrected chi connectivity index (χ3v) is 3.00. The van der Waals surface area contributed by atoms with Gasteiger partial charge < -0.3 is 0 Å². The maximum absolute atomic E-state index is 11.4. The van der Waals surface area contributed by atoms with Gasteiger partial charge in [0.1, 0.15) is 5.78 Å². The molecule has 0 radical (unpaired) electrons. The van der Waals surface area contributed by atoms with Crippen molar-refractivity contribution in [2.75, 3.05) is 0 Å². The minimum absolute atomic E-state index is 0.0435. The van der Waals surface area contributed by atoms with Gasteiger partial charge in [0.2, 0.25) is 0 Å². The van der Waals surface area contributed by atoms with Gasteiger partial charge in [-0.15, -0.1) is 0 Å². The smallest absolute Gasteiger partial charge is 0.133 e. The largest absolute Gasteiger partial charge is 0.300 e. The summed E-state index contributed by atoms with van der Waals surface area (Å²) in [7, 11) is 0. The Hall–Kier alpha value is -0.850. The zero-order chi connectivity index (χ0) is 9.90. The highest BCUT2D eigenvalue weighted by atomic mass is 16.1. The Labute approximate surface area is 80.5 Å². The molecular formula is C12H18O. The molecular weight excluding hydrogens is 160 g/mol. The van der Waals surface area contributed by atoms with Crippen LogP contribution in [0.2, 0.25) is 0 Å². The standard InChI is InChI=1S/C12H18O/c1-4-11(13)9-12(3)8-6-5-7-10(12)2/h5-8,10H,4,9H2,1-3H3. The van der Waals surface area contributed by atoms with Crippen LogP contribution in [-0.2, 0) is 4.79 Å². The van der Waals surface area contributed by atoms with Crippen molar-refractivity contribution >= 4 is 5.78 Å².